The monoisotopic (exact) mass is 498 g/mol. The minimum absolute atomic E-state index is 0.0391. The molecule has 0 saturated carbocycles. The summed E-state index contributed by atoms with van der Waals surface area (Å²) in [7, 11) is -3.47. The van der Waals surface area contributed by atoms with Crippen LogP contribution in [0.1, 0.15) is 27.0 Å². The fraction of sp³-hybridized carbons (Fsp3) is 0.286. The van der Waals surface area contributed by atoms with Crippen molar-refractivity contribution in [3.63, 3.8) is 0 Å². The van der Waals surface area contributed by atoms with Gasteiger partial charge in [-0.25, -0.2) is 13.2 Å². The summed E-state index contributed by atoms with van der Waals surface area (Å²) in [6, 6.07) is 6.08. The molecule has 2 aromatic carbocycles. The summed E-state index contributed by atoms with van der Waals surface area (Å²) in [4.78, 5) is 37.3. The van der Waals surface area contributed by atoms with Crippen molar-refractivity contribution in [2.45, 2.75) is 30.3 Å². The maximum absolute atomic E-state index is 12.9. The molecule has 0 spiro atoms. The highest BCUT2D eigenvalue weighted by molar-refractivity contribution is 7.90. The molecule has 1 aliphatic heterocycles. The second-order valence-corrected chi connectivity index (χ2v) is 10.3. The van der Waals surface area contributed by atoms with Crippen LogP contribution in [0.3, 0.4) is 0 Å². The zero-order valence-corrected chi connectivity index (χ0v) is 19.3. The average Bonchev–Trinajstić information content (AvgIpc) is 2.72. The van der Waals surface area contributed by atoms with Gasteiger partial charge in [0.05, 0.1) is 20.5 Å². The van der Waals surface area contributed by atoms with E-state index in [-0.39, 0.29) is 26.9 Å². The number of hydrogen-bond donors (Lipinski definition) is 2. The molecule has 0 aliphatic carbocycles. The number of hydrogen-bond acceptors (Lipinski definition) is 5. The van der Waals surface area contributed by atoms with Crippen LogP contribution in [0.2, 0.25) is 10.0 Å². The minimum Gasteiger partial charge on any atom is -0.480 e. The Balaban J connectivity index is 1.86. The second kappa shape index (κ2) is 9.48. The Bertz CT molecular complexity index is 1200. The quantitative estimate of drug-likeness (QED) is 0.565. The van der Waals surface area contributed by atoms with Gasteiger partial charge in [-0.3, -0.25) is 9.59 Å². The first kappa shape index (κ1) is 24.0. The number of carbonyl (C=O) groups excluding carboxylic acids is 2. The van der Waals surface area contributed by atoms with E-state index in [1.807, 2.05) is 0 Å². The lowest BCUT2D eigenvalue weighted by Gasteiger charge is -2.27. The molecule has 11 heteroatoms. The van der Waals surface area contributed by atoms with Gasteiger partial charge in [-0.15, -0.1) is 0 Å². The van der Waals surface area contributed by atoms with Crippen LogP contribution in [0.5, 0.6) is 0 Å². The number of amides is 2. The van der Waals surface area contributed by atoms with E-state index in [0.717, 1.165) is 18.2 Å². The number of nitrogens with one attached hydrogen (secondary N) is 1. The molecule has 1 aliphatic rings. The maximum atomic E-state index is 12.9. The van der Waals surface area contributed by atoms with E-state index in [1.165, 1.54) is 18.2 Å². The number of halogens is 2. The van der Waals surface area contributed by atoms with Gasteiger partial charge in [0.15, 0.2) is 9.84 Å². The van der Waals surface area contributed by atoms with E-state index in [9.17, 15) is 27.9 Å². The van der Waals surface area contributed by atoms with Crippen LogP contribution in [-0.4, -0.2) is 55.6 Å². The van der Waals surface area contributed by atoms with Gasteiger partial charge >= 0.3 is 5.97 Å². The molecule has 0 saturated heterocycles. The van der Waals surface area contributed by atoms with E-state index in [0.29, 0.717) is 30.6 Å². The number of rotatable bonds is 7. The zero-order chi connectivity index (χ0) is 23.6. The van der Waals surface area contributed by atoms with E-state index in [1.54, 1.807) is 17.0 Å². The lowest BCUT2D eigenvalue weighted by Crippen LogP contribution is -2.42. The van der Waals surface area contributed by atoms with Crippen LogP contribution >= 0.6 is 23.2 Å². The molecule has 1 unspecified atom stereocenters. The Labute approximate surface area is 195 Å². The molecule has 170 valence electrons. The third-order valence-electron chi connectivity index (χ3n) is 5.18. The molecular formula is C21H20Cl2N2O6S. The maximum Gasteiger partial charge on any atom is 0.326 e. The Morgan fingerprint density at radius 2 is 2.00 bits per heavy atom. The zero-order valence-electron chi connectivity index (χ0n) is 17.0. The number of sulfone groups is 1. The van der Waals surface area contributed by atoms with Crippen LogP contribution in [0.25, 0.3) is 0 Å². The summed E-state index contributed by atoms with van der Waals surface area (Å²) in [5, 5.41) is 12.2. The second-order valence-electron chi connectivity index (χ2n) is 7.50. The number of fused-ring (bicyclic) bond motifs is 1. The molecule has 0 fully saturated rings. The lowest BCUT2D eigenvalue weighted by atomic mass is 9.96. The van der Waals surface area contributed by atoms with Gasteiger partial charge in [0.1, 0.15) is 6.04 Å². The molecule has 2 N–H and O–H groups in total. The van der Waals surface area contributed by atoms with Crippen molar-refractivity contribution in [2.24, 2.45) is 0 Å². The predicted molar refractivity (Wildman–Crippen MR) is 119 cm³/mol. The Morgan fingerprint density at radius 3 is 2.62 bits per heavy atom. The van der Waals surface area contributed by atoms with E-state index in [2.05, 4.69) is 5.32 Å². The highest BCUT2D eigenvalue weighted by Crippen LogP contribution is 2.34. The summed E-state index contributed by atoms with van der Waals surface area (Å²) in [6.45, 7) is 0.752. The van der Waals surface area contributed by atoms with Crippen molar-refractivity contribution in [3.8, 4) is 0 Å². The predicted octanol–water partition coefficient (Wildman–Crippen LogP) is 2.34. The van der Waals surface area contributed by atoms with Gasteiger partial charge in [-0.2, -0.15) is 0 Å². The van der Waals surface area contributed by atoms with E-state index in [4.69, 9.17) is 23.2 Å². The molecule has 32 heavy (non-hydrogen) atoms. The largest absolute Gasteiger partial charge is 0.480 e. The van der Waals surface area contributed by atoms with Crippen molar-refractivity contribution in [2.75, 3.05) is 12.8 Å². The molecule has 0 radical (unpaired) electrons. The van der Waals surface area contributed by atoms with Gasteiger partial charge < -0.3 is 15.3 Å². The molecule has 2 amide bonds. The summed E-state index contributed by atoms with van der Waals surface area (Å²) < 4.78 is 23.5. The smallest absolute Gasteiger partial charge is 0.326 e. The number of benzene rings is 2. The number of carboxylic acid groups (broad SMARTS) is 1. The van der Waals surface area contributed by atoms with Crippen molar-refractivity contribution in [1.29, 1.82) is 0 Å². The average molecular weight is 499 g/mol. The third-order valence-corrected chi connectivity index (χ3v) is 7.01. The highest BCUT2D eigenvalue weighted by Gasteiger charge is 2.28. The van der Waals surface area contributed by atoms with Crippen molar-refractivity contribution in [1.82, 2.24) is 10.2 Å². The molecule has 2 aromatic rings. The third kappa shape index (κ3) is 5.23. The van der Waals surface area contributed by atoms with E-state index < -0.39 is 27.8 Å². The summed E-state index contributed by atoms with van der Waals surface area (Å²) in [5.41, 5.74) is 1.80. The van der Waals surface area contributed by atoms with Crippen molar-refractivity contribution < 1.29 is 27.9 Å². The number of nitrogens with zero attached hydrogens (tertiary/aromatic N) is 1. The minimum atomic E-state index is -3.47. The van der Waals surface area contributed by atoms with Crippen molar-refractivity contribution in [3.05, 3.63) is 62.6 Å². The Kier molecular flexibility index (Phi) is 7.12. The number of carbonyl (C=O) groups is 3. The molecule has 1 atom stereocenters. The van der Waals surface area contributed by atoms with Crippen LogP contribution in [0.4, 0.5) is 0 Å². The molecule has 3 rings (SSSR count). The fourth-order valence-corrected chi connectivity index (χ4v) is 5.00. The summed E-state index contributed by atoms with van der Waals surface area (Å²) >= 11 is 12.7. The normalized spacial score (nSPS) is 14.4. The number of aliphatic carboxylic acids is 1. The first-order valence-electron chi connectivity index (χ1n) is 9.53. The van der Waals surface area contributed by atoms with Crippen molar-refractivity contribution >= 4 is 51.3 Å². The molecule has 8 nitrogen and oxygen atoms in total. The van der Waals surface area contributed by atoms with Gasteiger partial charge in [-0.1, -0.05) is 35.3 Å². The Morgan fingerprint density at radius 1 is 1.28 bits per heavy atom. The van der Waals surface area contributed by atoms with Crippen LogP contribution in [-0.2, 0) is 38.8 Å². The molecule has 0 aromatic heterocycles. The first-order chi connectivity index (χ1) is 15.0. The topological polar surface area (TPSA) is 121 Å². The van der Waals surface area contributed by atoms with Gasteiger partial charge in [0, 0.05) is 25.8 Å². The van der Waals surface area contributed by atoms with Crippen LogP contribution in [0, 0.1) is 0 Å². The summed E-state index contributed by atoms with van der Waals surface area (Å²) in [5.74, 6) is -2.05. The van der Waals surface area contributed by atoms with Gasteiger partial charge in [-0.05, 0) is 41.3 Å². The van der Waals surface area contributed by atoms with Crippen LogP contribution in [0.15, 0.2) is 35.2 Å². The molecule has 1 heterocycles. The summed E-state index contributed by atoms with van der Waals surface area (Å²) in [6.07, 6.45) is 2.07. The lowest BCUT2D eigenvalue weighted by molar-refractivity contribution is -0.139. The standard InChI is InChI=1S/C21H20Cl2N2O6S/c1-32(30,31)14-4-2-3-12(7-14)8-17(21(28)29)24-20(27)18-16(22)9-13-10-25(11-26)6-5-15(13)19(18)23/h2-4,7,9,11,17H,5-6,8,10H2,1H3,(H,24,27)(H,28,29). The van der Waals surface area contributed by atoms with E-state index >= 15 is 0 Å². The van der Waals surface area contributed by atoms with Gasteiger partial charge in [0.25, 0.3) is 5.91 Å². The number of carboxylic acids is 1. The van der Waals surface area contributed by atoms with Crippen LogP contribution < -0.4 is 5.32 Å². The first-order valence-corrected chi connectivity index (χ1v) is 12.2. The molecular weight excluding hydrogens is 479 g/mol. The Hall–Kier alpha value is -2.62. The SMILES string of the molecule is CS(=O)(=O)c1cccc(CC(NC(=O)c2c(Cl)cc3c(c2Cl)CCN(C=O)C3)C(=O)O)c1. The molecule has 0 bridgehead atoms. The fourth-order valence-electron chi connectivity index (χ4n) is 3.54. The van der Waals surface area contributed by atoms with Gasteiger partial charge in [0.2, 0.25) is 6.41 Å². The highest BCUT2D eigenvalue weighted by atomic mass is 35.5.